The maximum Gasteiger partial charge on any atom is 0.140 e. The van der Waals surface area contributed by atoms with E-state index < -0.39 is 0 Å². The fourth-order valence-corrected chi connectivity index (χ4v) is 1.62. The Morgan fingerprint density at radius 2 is 1.86 bits per heavy atom. The first kappa shape index (κ1) is 9.25. The molecule has 0 spiro atoms. The quantitative estimate of drug-likeness (QED) is 0.617. The van der Waals surface area contributed by atoms with Gasteiger partial charge in [-0.25, -0.2) is 4.39 Å². The van der Waals surface area contributed by atoms with Crippen LogP contribution in [0, 0.1) is 5.82 Å². The average Bonchev–Trinajstić information content (AvgIpc) is 2.50. The molecule has 1 nitrogen and oxygen atoms in total. The van der Waals surface area contributed by atoms with E-state index in [1.165, 1.54) is 12.3 Å². The standard InChI is InChI=1S/C12H13FO/c1-12(2,3)9-4-5-10(13)8-6-7-14-11(8)9/h4-7H,1-3H3. The molecule has 0 atom stereocenters. The number of halogens is 1. The molecule has 0 fully saturated rings. The van der Waals surface area contributed by atoms with Crippen molar-refractivity contribution in [3.05, 3.63) is 35.8 Å². The minimum atomic E-state index is -0.221. The van der Waals surface area contributed by atoms with Crippen LogP contribution < -0.4 is 0 Å². The molecule has 74 valence electrons. The van der Waals surface area contributed by atoms with Crippen LogP contribution in [0.5, 0.6) is 0 Å². The Bertz CT molecular complexity index is 463. The molecule has 14 heavy (non-hydrogen) atoms. The highest BCUT2D eigenvalue weighted by Gasteiger charge is 2.19. The molecule has 0 unspecified atom stereocenters. The molecule has 0 aliphatic rings. The first-order valence-corrected chi connectivity index (χ1v) is 4.66. The van der Waals surface area contributed by atoms with Gasteiger partial charge < -0.3 is 4.42 Å². The van der Waals surface area contributed by atoms with Crippen molar-refractivity contribution in [1.82, 2.24) is 0 Å². The van der Waals surface area contributed by atoms with Crippen molar-refractivity contribution in [2.45, 2.75) is 26.2 Å². The van der Waals surface area contributed by atoms with Gasteiger partial charge in [-0.15, -0.1) is 0 Å². The zero-order valence-corrected chi connectivity index (χ0v) is 8.60. The van der Waals surface area contributed by atoms with E-state index in [1.807, 2.05) is 0 Å². The van der Waals surface area contributed by atoms with Crippen LogP contribution in [0.25, 0.3) is 11.0 Å². The fourth-order valence-electron chi connectivity index (χ4n) is 1.62. The van der Waals surface area contributed by atoms with Crippen molar-refractivity contribution in [1.29, 1.82) is 0 Å². The molecule has 2 heteroatoms. The molecular formula is C12H13FO. The molecule has 0 aliphatic carbocycles. The van der Waals surface area contributed by atoms with Gasteiger partial charge in [0.1, 0.15) is 11.4 Å². The first-order chi connectivity index (χ1) is 6.50. The summed E-state index contributed by atoms with van der Waals surface area (Å²) in [5, 5.41) is 0.567. The van der Waals surface area contributed by atoms with Gasteiger partial charge in [0.25, 0.3) is 0 Å². The van der Waals surface area contributed by atoms with Crippen LogP contribution in [0.15, 0.2) is 28.9 Å². The summed E-state index contributed by atoms with van der Waals surface area (Å²) in [5.74, 6) is -0.221. The summed E-state index contributed by atoms with van der Waals surface area (Å²) in [5.41, 5.74) is 1.68. The lowest BCUT2D eigenvalue weighted by atomic mass is 9.86. The summed E-state index contributed by atoms with van der Waals surface area (Å²) in [7, 11) is 0. The topological polar surface area (TPSA) is 13.1 Å². The van der Waals surface area contributed by atoms with E-state index in [2.05, 4.69) is 20.8 Å². The lowest BCUT2D eigenvalue weighted by molar-refractivity contribution is 0.555. The number of benzene rings is 1. The third-order valence-corrected chi connectivity index (χ3v) is 2.37. The SMILES string of the molecule is CC(C)(C)c1ccc(F)c2ccoc12. The maximum atomic E-state index is 13.3. The van der Waals surface area contributed by atoms with Crippen LogP contribution in [0.1, 0.15) is 26.3 Å². The van der Waals surface area contributed by atoms with Crippen LogP contribution in [0.2, 0.25) is 0 Å². The molecule has 0 amide bonds. The zero-order valence-electron chi connectivity index (χ0n) is 8.60. The molecule has 2 aromatic rings. The Morgan fingerprint density at radius 3 is 2.50 bits per heavy atom. The van der Waals surface area contributed by atoms with Crippen molar-refractivity contribution in [2.75, 3.05) is 0 Å². The molecule has 0 saturated carbocycles. The first-order valence-electron chi connectivity index (χ1n) is 4.66. The van der Waals surface area contributed by atoms with E-state index >= 15 is 0 Å². The van der Waals surface area contributed by atoms with Crippen molar-refractivity contribution >= 4 is 11.0 Å². The molecule has 1 heterocycles. The van der Waals surface area contributed by atoms with Crippen molar-refractivity contribution in [2.24, 2.45) is 0 Å². The number of hydrogen-bond acceptors (Lipinski definition) is 1. The predicted octanol–water partition coefficient (Wildman–Crippen LogP) is 3.87. The molecule has 1 aromatic carbocycles. The van der Waals surface area contributed by atoms with E-state index in [9.17, 15) is 4.39 Å². The monoisotopic (exact) mass is 192 g/mol. The Morgan fingerprint density at radius 1 is 1.14 bits per heavy atom. The van der Waals surface area contributed by atoms with Crippen LogP contribution in [-0.4, -0.2) is 0 Å². The van der Waals surface area contributed by atoms with Gasteiger partial charge >= 0.3 is 0 Å². The van der Waals surface area contributed by atoms with Crippen LogP contribution >= 0.6 is 0 Å². The van der Waals surface area contributed by atoms with Crippen molar-refractivity contribution in [3.8, 4) is 0 Å². The van der Waals surface area contributed by atoms with Crippen LogP contribution in [0.4, 0.5) is 4.39 Å². The van der Waals surface area contributed by atoms with E-state index in [0.717, 1.165) is 5.56 Å². The minimum Gasteiger partial charge on any atom is -0.464 e. The van der Waals surface area contributed by atoms with Gasteiger partial charge in [-0.05, 0) is 17.5 Å². The Labute approximate surface area is 82.5 Å². The average molecular weight is 192 g/mol. The van der Waals surface area contributed by atoms with Gasteiger partial charge in [0.05, 0.1) is 11.6 Å². The Kier molecular flexibility index (Phi) is 1.88. The van der Waals surface area contributed by atoms with E-state index in [4.69, 9.17) is 4.42 Å². The molecule has 0 saturated heterocycles. The highest BCUT2D eigenvalue weighted by molar-refractivity contribution is 5.81. The summed E-state index contributed by atoms with van der Waals surface area (Å²) in [4.78, 5) is 0. The summed E-state index contributed by atoms with van der Waals surface area (Å²) in [6.45, 7) is 6.26. The summed E-state index contributed by atoms with van der Waals surface area (Å²) < 4.78 is 18.6. The van der Waals surface area contributed by atoms with Crippen molar-refractivity contribution < 1.29 is 8.81 Å². The largest absolute Gasteiger partial charge is 0.464 e. The van der Waals surface area contributed by atoms with E-state index in [1.54, 1.807) is 12.1 Å². The second-order valence-electron chi connectivity index (χ2n) is 4.51. The van der Waals surface area contributed by atoms with Gasteiger partial charge in [-0.1, -0.05) is 26.8 Å². The third-order valence-electron chi connectivity index (χ3n) is 2.37. The molecule has 0 N–H and O–H groups in total. The molecule has 1 aromatic heterocycles. The van der Waals surface area contributed by atoms with Gasteiger partial charge in [-0.2, -0.15) is 0 Å². The predicted molar refractivity (Wildman–Crippen MR) is 54.9 cm³/mol. The van der Waals surface area contributed by atoms with Crippen LogP contribution in [0.3, 0.4) is 0 Å². The summed E-state index contributed by atoms with van der Waals surface area (Å²) in [6, 6.07) is 4.96. The van der Waals surface area contributed by atoms with Gasteiger partial charge in [0, 0.05) is 5.56 Å². The van der Waals surface area contributed by atoms with E-state index in [0.29, 0.717) is 11.0 Å². The van der Waals surface area contributed by atoms with E-state index in [-0.39, 0.29) is 11.2 Å². The maximum absolute atomic E-state index is 13.3. The second kappa shape index (κ2) is 2.84. The highest BCUT2D eigenvalue weighted by atomic mass is 19.1. The number of furan rings is 1. The zero-order chi connectivity index (χ0) is 10.3. The van der Waals surface area contributed by atoms with Gasteiger partial charge in [0.15, 0.2) is 0 Å². The Balaban J connectivity index is 2.80. The van der Waals surface area contributed by atoms with Crippen molar-refractivity contribution in [3.63, 3.8) is 0 Å². The summed E-state index contributed by atoms with van der Waals surface area (Å²) >= 11 is 0. The van der Waals surface area contributed by atoms with Crippen LogP contribution in [-0.2, 0) is 5.41 Å². The molecule has 2 rings (SSSR count). The third kappa shape index (κ3) is 1.31. The minimum absolute atomic E-state index is 0.0240. The number of hydrogen-bond donors (Lipinski definition) is 0. The lowest BCUT2D eigenvalue weighted by Gasteiger charge is -2.18. The van der Waals surface area contributed by atoms with Gasteiger partial charge in [0.2, 0.25) is 0 Å². The molecule has 0 radical (unpaired) electrons. The highest BCUT2D eigenvalue weighted by Crippen LogP contribution is 2.31. The fraction of sp³-hybridized carbons (Fsp3) is 0.333. The normalized spacial score (nSPS) is 12.3. The number of rotatable bonds is 0. The van der Waals surface area contributed by atoms with Gasteiger partial charge in [-0.3, -0.25) is 0 Å². The number of fused-ring (bicyclic) bond motifs is 1. The second-order valence-corrected chi connectivity index (χ2v) is 4.51. The molecule has 0 bridgehead atoms. The smallest absolute Gasteiger partial charge is 0.140 e. The Hall–Kier alpha value is -1.31. The molecular weight excluding hydrogens is 179 g/mol. The summed E-state index contributed by atoms with van der Waals surface area (Å²) in [6.07, 6.45) is 1.53. The molecule has 0 aliphatic heterocycles. The lowest BCUT2D eigenvalue weighted by Crippen LogP contribution is -2.11.